The molecule has 2 aromatic heterocycles. The van der Waals surface area contributed by atoms with Crippen LogP contribution in [-0.4, -0.2) is 15.2 Å². The number of hydrogen-bond acceptors (Lipinski definition) is 3. The van der Waals surface area contributed by atoms with Gasteiger partial charge in [0.25, 0.3) is 0 Å². The predicted molar refractivity (Wildman–Crippen MR) is 58.0 cm³/mol. The first kappa shape index (κ1) is 9.87. The number of nitriles is 1. The Balaban J connectivity index is 2.23. The third-order valence-corrected chi connectivity index (χ3v) is 2.67. The summed E-state index contributed by atoms with van der Waals surface area (Å²) in [6.07, 6.45) is 2.38. The number of pyridine rings is 1. The third-order valence-electron chi connectivity index (χ3n) is 1.96. The topological polar surface area (TPSA) is 65.4 Å². The van der Waals surface area contributed by atoms with Crippen LogP contribution in [0.5, 0.6) is 0 Å². The van der Waals surface area contributed by atoms with E-state index in [0.717, 1.165) is 15.9 Å². The maximum absolute atomic E-state index is 8.63. The minimum atomic E-state index is 0.477. The molecule has 0 unspecified atom stereocenters. The highest BCUT2D eigenvalue weighted by Gasteiger charge is 2.04. The van der Waals surface area contributed by atoms with E-state index in [1.165, 1.54) is 0 Å². The molecule has 15 heavy (non-hydrogen) atoms. The second-order valence-electron chi connectivity index (χ2n) is 3.01. The van der Waals surface area contributed by atoms with Crippen LogP contribution in [0.3, 0.4) is 0 Å². The molecule has 2 aromatic rings. The number of nitrogens with one attached hydrogen (secondary N) is 1. The van der Waals surface area contributed by atoms with Crippen molar-refractivity contribution in [3.63, 3.8) is 0 Å². The van der Waals surface area contributed by atoms with Gasteiger partial charge in [-0.15, -0.1) is 0 Å². The Morgan fingerprint density at radius 1 is 1.53 bits per heavy atom. The molecule has 2 rings (SSSR count). The summed E-state index contributed by atoms with van der Waals surface area (Å²) in [5.41, 5.74) is 2.36. The lowest BCUT2D eigenvalue weighted by Gasteiger charge is -1.99. The van der Waals surface area contributed by atoms with Crippen molar-refractivity contribution in [2.75, 3.05) is 0 Å². The zero-order valence-electron chi connectivity index (χ0n) is 7.74. The van der Waals surface area contributed by atoms with E-state index >= 15 is 0 Å². The fourth-order valence-electron chi connectivity index (χ4n) is 1.26. The summed E-state index contributed by atoms with van der Waals surface area (Å²) in [7, 11) is 0. The zero-order chi connectivity index (χ0) is 10.7. The highest BCUT2D eigenvalue weighted by molar-refractivity contribution is 9.10. The molecule has 0 aliphatic heterocycles. The minimum absolute atomic E-state index is 0.477. The average molecular weight is 263 g/mol. The zero-order valence-corrected chi connectivity index (χ0v) is 9.32. The van der Waals surface area contributed by atoms with Crippen molar-refractivity contribution in [1.29, 1.82) is 5.26 Å². The highest BCUT2D eigenvalue weighted by Crippen LogP contribution is 2.16. The van der Waals surface area contributed by atoms with Crippen LogP contribution in [0.4, 0.5) is 0 Å². The molecule has 0 saturated heterocycles. The van der Waals surface area contributed by atoms with E-state index in [9.17, 15) is 0 Å². The normalized spacial score (nSPS) is 9.87. The molecular weight excluding hydrogens is 256 g/mol. The molecule has 0 fully saturated rings. The third kappa shape index (κ3) is 2.22. The standard InChI is InChI=1S/C10H7BrN4/c11-10-7(2-1-3-13-10)4-8-5-9(6-12)15-14-8/h1-3,5H,4H2,(H,14,15). The van der Waals surface area contributed by atoms with Gasteiger partial charge in [0.2, 0.25) is 0 Å². The SMILES string of the molecule is N#Cc1cc(Cc2cccnc2Br)n[nH]1. The van der Waals surface area contributed by atoms with Crippen molar-refractivity contribution < 1.29 is 0 Å². The van der Waals surface area contributed by atoms with Gasteiger partial charge in [-0.25, -0.2) is 4.98 Å². The van der Waals surface area contributed by atoms with Crippen molar-refractivity contribution in [3.8, 4) is 6.07 Å². The number of halogens is 1. The summed E-state index contributed by atoms with van der Waals surface area (Å²) in [4.78, 5) is 4.12. The van der Waals surface area contributed by atoms with Gasteiger partial charge in [0.1, 0.15) is 16.4 Å². The first-order valence-corrected chi connectivity index (χ1v) is 5.12. The van der Waals surface area contributed by atoms with Gasteiger partial charge in [0.15, 0.2) is 0 Å². The van der Waals surface area contributed by atoms with E-state index in [-0.39, 0.29) is 0 Å². The molecule has 0 aromatic carbocycles. The predicted octanol–water partition coefficient (Wildman–Crippen LogP) is 2.03. The molecule has 0 saturated carbocycles. The van der Waals surface area contributed by atoms with Crippen LogP contribution in [0.1, 0.15) is 17.0 Å². The van der Waals surface area contributed by atoms with Crippen molar-refractivity contribution >= 4 is 15.9 Å². The molecule has 74 valence electrons. The Labute approximate surface area is 95.1 Å². The van der Waals surface area contributed by atoms with E-state index in [0.29, 0.717) is 12.1 Å². The lowest BCUT2D eigenvalue weighted by molar-refractivity contribution is 0.979. The van der Waals surface area contributed by atoms with Crippen LogP contribution in [-0.2, 0) is 6.42 Å². The van der Waals surface area contributed by atoms with E-state index in [2.05, 4.69) is 31.1 Å². The van der Waals surface area contributed by atoms with Crippen LogP contribution < -0.4 is 0 Å². The van der Waals surface area contributed by atoms with Crippen molar-refractivity contribution in [1.82, 2.24) is 15.2 Å². The lowest BCUT2D eigenvalue weighted by Crippen LogP contribution is -1.91. The monoisotopic (exact) mass is 262 g/mol. The molecule has 2 heterocycles. The number of nitrogens with zero attached hydrogens (tertiary/aromatic N) is 3. The Kier molecular flexibility index (Phi) is 2.79. The quantitative estimate of drug-likeness (QED) is 0.843. The van der Waals surface area contributed by atoms with Crippen LogP contribution in [0.15, 0.2) is 29.0 Å². The van der Waals surface area contributed by atoms with Crippen LogP contribution >= 0.6 is 15.9 Å². The smallest absolute Gasteiger partial charge is 0.135 e. The molecular formula is C10H7BrN4. The molecule has 0 aliphatic carbocycles. The summed E-state index contributed by atoms with van der Waals surface area (Å²) in [5, 5.41) is 15.3. The second-order valence-corrected chi connectivity index (χ2v) is 3.77. The van der Waals surface area contributed by atoms with Gasteiger partial charge in [-0.1, -0.05) is 6.07 Å². The van der Waals surface area contributed by atoms with E-state index in [1.807, 2.05) is 18.2 Å². The van der Waals surface area contributed by atoms with Crippen LogP contribution in [0, 0.1) is 11.3 Å². The number of aromatic nitrogens is 3. The van der Waals surface area contributed by atoms with Crippen LogP contribution in [0.2, 0.25) is 0 Å². The van der Waals surface area contributed by atoms with Gasteiger partial charge in [-0.05, 0) is 33.6 Å². The first-order chi connectivity index (χ1) is 7.29. The van der Waals surface area contributed by atoms with E-state index in [4.69, 9.17) is 5.26 Å². The maximum atomic E-state index is 8.63. The molecule has 4 nitrogen and oxygen atoms in total. The van der Waals surface area contributed by atoms with Gasteiger partial charge in [0, 0.05) is 12.6 Å². The van der Waals surface area contributed by atoms with Crippen LogP contribution in [0.25, 0.3) is 0 Å². The number of hydrogen-bond donors (Lipinski definition) is 1. The number of rotatable bonds is 2. The van der Waals surface area contributed by atoms with Crippen molar-refractivity contribution in [2.45, 2.75) is 6.42 Å². The highest BCUT2D eigenvalue weighted by atomic mass is 79.9. The maximum Gasteiger partial charge on any atom is 0.135 e. The van der Waals surface area contributed by atoms with E-state index < -0.39 is 0 Å². The summed E-state index contributed by atoms with van der Waals surface area (Å²) < 4.78 is 0.812. The molecule has 5 heteroatoms. The molecule has 0 amide bonds. The molecule has 0 atom stereocenters. The van der Waals surface area contributed by atoms with Gasteiger partial charge < -0.3 is 0 Å². The molecule has 0 spiro atoms. The number of H-pyrrole nitrogens is 1. The van der Waals surface area contributed by atoms with Crippen molar-refractivity contribution in [2.24, 2.45) is 0 Å². The fourth-order valence-corrected chi connectivity index (χ4v) is 1.65. The van der Waals surface area contributed by atoms with Gasteiger partial charge in [0.05, 0.1) is 5.69 Å². The molecule has 0 radical (unpaired) electrons. The van der Waals surface area contributed by atoms with Gasteiger partial charge in [-0.2, -0.15) is 10.4 Å². The van der Waals surface area contributed by atoms with Gasteiger partial charge >= 0.3 is 0 Å². The summed E-state index contributed by atoms with van der Waals surface area (Å²) in [6, 6.07) is 7.58. The summed E-state index contributed by atoms with van der Waals surface area (Å²) in [5.74, 6) is 0. The summed E-state index contributed by atoms with van der Waals surface area (Å²) >= 11 is 3.36. The minimum Gasteiger partial charge on any atom is -0.268 e. The van der Waals surface area contributed by atoms with E-state index in [1.54, 1.807) is 12.3 Å². The van der Waals surface area contributed by atoms with Gasteiger partial charge in [-0.3, -0.25) is 5.10 Å². The molecule has 0 aliphatic rings. The number of aromatic amines is 1. The van der Waals surface area contributed by atoms with Crippen molar-refractivity contribution in [3.05, 3.63) is 46.0 Å². The second kappa shape index (κ2) is 4.24. The lowest BCUT2D eigenvalue weighted by atomic mass is 10.1. The Morgan fingerprint density at radius 2 is 2.40 bits per heavy atom. The Hall–Kier alpha value is -1.67. The fraction of sp³-hybridized carbons (Fsp3) is 0.100. The summed E-state index contributed by atoms with van der Waals surface area (Å²) in [6.45, 7) is 0. The Morgan fingerprint density at radius 3 is 3.07 bits per heavy atom. The average Bonchev–Trinajstić information content (AvgIpc) is 2.69. The largest absolute Gasteiger partial charge is 0.268 e. The molecule has 0 bridgehead atoms. The Bertz CT molecular complexity index is 512. The molecule has 1 N–H and O–H groups in total. The first-order valence-electron chi connectivity index (χ1n) is 4.33.